The second-order valence-corrected chi connectivity index (χ2v) is 6.04. The van der Waals surface area contributed by atoms with Gasteiger partial charge in [0, 0.05) is 13.1 Å². The number of anilines is 1. The predicted molar refractivity (Wildman–Crippen MR) is 70.1 cm³/mol. The van der Waals surface area contributed by atoms with Gasteiger partial charge in [-0.2, -0.15) is 9.90 Å². The molecule has 1 aromatic rings. The number of carbonyl (C=O) groups is 1. The van der Waals surface area contributed by atoms with E-state index in [1.54, 1.807) is 0 Å². The van der Waals surface area contributed by atoms with E-state index in [-0.39, 0.29) is 18.3 Å². The highest BCUT2D eigenvalue weighted by atomic mass is 32.2. The number of rotatable bonds is 7. The summed E-state index contributed by atoms with van der Waals surface area (Å²) in [6.07, 6.45) is 2.26. The molecule has 0 unspecified atom stereocenters. The Balaban J connectivity index is 2.43. The number of sulfonamides is 1. The maximum absolute atomic E-state index is 11.5. The first-order valence-electron chi connectivity index (χ1n) is 5.55. The summed E-state index contributed by atoms with van der Waals surface area (Å²) in [5, 5.41) is 10.3. The Hall–Kier alpha value is -1.68. The van der Waals surface area contributed by atoms with E-state index in [0.717, 1.165) is 17.6 Å². The van der Waals surface area contributed by atoms with Gasteiger partial charge in [0.15, 0.2) is 5.82 Å². The lowest BCUT2D eigenvalue weighted by molar-refractivity contribution is -0.122. The van der Waals surface area contributed by atoms with Crippen LogP contribution in [0.4, 0.5) is 5.82 Å². The fraction of sp³-hybridized carbons (Fsp3) is 0.667. The summed E-state index contributed by atoms with van der Waals surface area (Å²) in [7, 11) is 0.426. The van der Waals surface area contributed by atoms with Gasteiger partial charge >= 0.3 is 0 Å². The van der Waals surface area contributed by atoms with E-state index in [2.05, 4.69) is 20.2 Å². The average Bonchev–Trinajstić information content (AvgIpc) is 2.61. The Bertz CT molecular complexity index is 524. The normalized spacial score (nSPS) is 11.6. The van der Waals surface area contributed by atoms with Gasteiger partial charge < -0.3 is 10.2 Å². The van der Waals surface area contributed by atoms with Gasteiger partial charge in [-0.05, 0) is 14.1 Å². The summed E-state index contributed by atoms with van der Waals surface area (Å²) < 4.78 is 24.1. The van der Waals surface area contributed by atoms with Gasteiger partial charge in [0.1, 0.15) is 6.54 Å². The molecule has 2 N–H and O–H groups in total. The number of amides is 1. The summed E-state index contributed by atoms with van der Waals surface area (Å²) in [5.74, 6) is -0.146. The van der Waals surface area contributed by atoms with Crippen molar-refractivity contribution in [3.05, 3.63) is 6.20 Å². The first kappa shape index (κ1) is 15.4. The van der Waals surface area contributed by atoms with Gasteiger partial charge in [0.05, 0.1) is 12.5 Å². The monoisotopic (exact) mass is 290 g/mol. The molecule has 1 heterocycles. The van der Waals surface area contributed by atoms with Gasteiger partial charge in [-0.3, -0.25) is 9.52 Å². The molecule has 0 spiro atoms. The van der Waals surface area contributed by atoms with Crippen LogP contribution < -0.4 is 10.0 Å². The van der Waals surface area contributed by atoms with Crippen molar-refractivity contribution >= 4 is 21.7 Å². The van der Waals surface area contributed by atoms with Crippen LogP contribution in [-0.2, 0) is 21.4 Å². The zero-order chi connectivity index (χ0) is 14.5. The highest BCUT2D eigenvalue weighted by Gasteiger charge is 2.08. The Morgan fingerprint density at radius 3 is 2.74 bits per heavy atom. The summed E-state index contributed by atoms with van der Waals surface area (Å²) in [6.45, 7) is 1.21. The number of nitrogens with zero attached hydrogens (tertiary/aromatic N) is 4. The van der Waals surface area contributed by atoms with Crippen LogP contribution in [-0.4, -0.2) is 67.7 Å². The zero-order valence-corrected chi connectivity index (χ0v) is 11.9. The Kier molecular flexibility index (Phi) is 5.24. The van der Waals surface area contributed by atoms with Crippen LogP contribution in [0.15, 0.2) is 6.20 Å². The molecule has 10 heteroatoms. The van der Waals surface area contributed by atoms with Crippen LogP contribution in [0, 0.1) is 0 Å². The number of likely N-dealkylation sites (N-methyl/N-ethyl adjacent to an activating group) is 1. The van der Waals surface area contributed by atoms with Crippen LogP contribution >= 0.6 is 0 Å². The van der Waals surface area contributed by atoms with E-state index in [0.29, 0.717) is 6.54 Å². The molecule has 0 radical (unpaired) electrons. The summed E-state index contributed by atoms with van der Waals surface area (Å²) in [5.41, 5.74) is 0. The molecule has 1 amide bonds. The van der Waals surface area contributed by atoms with Gasteiger partial charge in [0.2, 0.25) is 15.9 Å². The molecule has 0 aliphatic heterocycles. The third kappa shape index (κ3) is 6.72. The Morgan fingerprint density at radius 2 is 2.16 bits per heavy atom. The second kappa shape index (κ2) is 6.48. The lowest BCUT2D eigenvalue weighted by atomic mass is 10.5. The van der Waals surface area contributed by atoms with E-state index < -0.39 is 10.0 Å². The number of carbonyl (C=O) groups excluding carboxylic acids is 1. The second-order valence-electron chi connectivity index (χ2n) is 4.29. The number of hydrogen-bond acceptors (Lipinski definition) is 6. The van der Waals surface area contributed by atoms with Crippen LogP contribution in [0.1, 0.15) is 0 Å². The predicted octanol–water partition coefficient (Wildman–Crippen LogP) is -1.67. The minimum Gasteiger partial charge on any atom is -0.353 e. The van der Waals surface area contributed by atoms with Crippen molar-refractivity contribution in [2.45, 2.75) is 6.54 Å². The van der Waals surface area contributed by atoms with E-state index in [9.17, 15) is 13.2 Å². The number of hydrogen-bond donors (Lipinski definition) is 2. The lowest BCUT2D eigenvalue weighted by Gasteiger charge is -2.09. The minimum atomic E-state index is -3.39. The topological polar surface area (TPSA) is 109 Å². The van der Waals surface area contributed by atoms with Crippen molar-refractivity contribution in [3.63, 3.8) is 0 Å². The van der Waals surface area contributed by atoms with Crippen LogP contribution in [0.5, 0.6) is 0 Å². The molecule has 0 bridgehead atoms. The fourth-order valence-corrected chi connectivity index (χ4v) is 1.69. The molecule has 108 valence electrons. The lowest BCUT2D eigenvalue weighted by Crippen LogP contribution is -2.34. The molecule has 0 fully saturated rings. The molecular formula is C9H18N6O3S. The first-order chi connectivity index (χ1) is 8.76. The van der Waals surface area contributed by atoms with Crippen molar-refractivity contribution < 1.29 is 13.2 Å². The molecule has 0 aromatic carbocycles. The largest absolute Gasteiger partial charge is 0.353 e. The smallest absolute Gasteiger partial charge is 0.243 e. The first-order valence-corrected chi connectivity index (χ1v) is 7.45. The quantitative estimate of drug-likeness (QED) is 0.621. The van der Waals surface area contributed by atoms with Crippen LogP contribution in [0.2, 0.25) is 0 Å². The molecule has 19 heavy (non-hydrogen) atoms. The third-order valence-corrected chi connectivity index (χ3v) is 2.57. The Labute approximate surface area is 112 Å². The zero-order valence-electron chi connectivity index (χ0n) is 11.1. The summed E-state index contributed by atoms with van der Waals surface area (Å²) >= 11 is 0. The molecular weight excluding hydrogens is 272 g/mol. The molecule has 1 aromatic heterocycles. The van der Waals surface area contributed by atoms with Gasteiger partial charge in [-0.25, -0.2) is 8.42 Å². The molecule has 9 nitrogen and oxygen atoms in total. The average molecular weight is 290 g/mol. The molecule has 0 atom stereocenters. The van der Waals surface area contributed by atoms with Crippen LogP contribution in [0.3, 0.4) is 0 Å². The van der Waals surface area contributed by atoms with E-state index in [1.165, 1.54) is 6.20 Å². The maximum Gasteiger partial charge on any atom is 0.243 e. The SMILES string of the molecule is CN(C)CCNC(=O)Cn1ncc(NS(C)(=O)=O)n1. The maximum atomic E-state index is 11.5. The highest BCUT2D eigenvalue weighted by molar-refractivity contribution is 7.92. The minimum absolute atomic E-state index is 0.0567. The van der Waals surface area contributed by atoms with Crippen molar-refractivity contribution in [3.8, 4) is 0 Å². The Morgan fingerprint density at radius 1 is 1.47 bits per heavy atom. The van der Waals surface area contributed by atoms with Crippen molar-refractivity contribution in [1.29, 1.82) is 0 Å². The molecule has 1 rings (SSSR count). The van der Waals surface area contributed by atoms with Crippen molar-refractivity contribution in [2.75, 3.05) is 38.2 Å². The third-order valence-electron chi connectivity index (χ3n) is 1.99. The van der Waals surface area contributed by atoms with Gasteiger partial charge in [-0.15, -0.1) is 5.10 Å². The van der Waals surface area contributed by atoms with Gasteiger partial charge in [0.25, 0.3) is 0 Å². The highest BCUT2D eigenvalue weighted by Crippen LogP contribution is 2.00. The standard InChI is InChI=1S/C9H18N6O3S/c1-14(2)5-4-10-9(16)7-15-11-6-8(12-15)13-19(3,17)18/h6H,4-5,7H2,1-3H3,(H,10,16)(H,12,13). The number of nitrogens with one attached hydrogen (secondary N) is 2. The van der Waals surface area contributed by atoms with E-state index >= 15 is 0 Å². The molecule has 0 saturated heterocycles. The van der Waals surface area contributed by atoms with Crippen molar-refractivity contribution in [1.82, 2.24) is 25.2 Å². The van der Waals surface area contributed by atoms with Gasteiger partial charge in [-0.1, -0.05) is 0 Å². The summed E-state index contributed by atoms with van der Waals surface area (Å²) in [6, 6.07) is 0. The van der Waals surface area contributed by atoms with E-state index in [1.807, 2.05) is 19.0 Å². The van der Waals surface area contributed by atoms with Crippen LogP contribution in [0.25, 0.3) is 0 Å². The fourth-order valence-electron chi connectivity index (χ4n) is 1.21. The van der Waals surface area contributed by atoms with Crippen molar-refractivity contribution in [2.24, 2.45) is 0 Å². The summed E-state index contributed by atoms with van der Waals surface area (Å²) in [4.78, 5) is 14.6. The van der Waals surface area contributed by atoms with E-state index in [4.69, 9.17) is 0 Å². The molecule has 0 aliphatic rings. The molecule has 0 aliphatic carbocycles. The number of aromatic nitrogens is 3. The molecule has 0 saturated carbocycles.